The second kappa shape index (κ2) is 7.49. The zero-order chi connectivity index (χ0) is 16.9. The number of amides is 1. The maximum absolute atomic E-state index is 12.3. The summed E-state index contributed by atoms with van der Waals surface area (Å²) in [4.78, 5) is 13.6. The zero-order valence-electron chi connectivity index (χ0n) is 13.9. The lowest BCUT2D eigenvalue weighted by atomic mass is 10.1. The minimum Gasteiger partial charge on any atom is -0.481 e. The minimum absolute atomic E-state index is 0.0718. The first-order chi connectivity index (χ1) is 11.7. The molecule has 0 radical (unpaired) electrons. The van der Waals surface area contributed by atoms with Crippen molar-refractivity contribution in [1.82, 2.24) is 15.1 Å². The third-order valence-corrected chi connectivity index (χ3v) is 4.76. The van der Waals surface area contributed by atoms with Gasteiger partial charge < -0.3 is 10.1 Å². The van der Waals surface area contributed by atoms with Crippen molar-refractivity contribution in [3.8, 4) is 5.88 Å². The van der Waals surface area contributed by atoms with Crippen LogP contribution in [-0.4, -0.2) is 29.3 Å². The zero-order valence-corrected chi connectivity index (χ0v) is 14.7. The van der Waals surface area contributed by atoms with Crippen molar-refractivity contribution in [3.05, 3.63) is 46.2 Å². The lowest BCUT2D eigenvalue weighted by Crippen LogP contribution is -2.25. The van der Waals surface area contributed by atoms with E-state index < -0.39 is 0 Å². The molecule has 6 heteroatoms. The third kappa shape index (κ3) is 3.43. The number of nitrogens with one attached hydrogen (secondary N) is 1. The number of fused-ring (bicyclic) bond motifs is 1. The first kappa shape index (κ1) is 16.5. The second-order valence-electron chi connectivity index (χ2n) is 5.55. The molecule has 3 aromatic rings. The van der Waals surface area contributed by atoms with E-state index in [0.717, 1.165) is 36.2 Å². The molecule has 0 atom stereocenters. The number of thiophene rings is 1. The van der Waals surface area contributed by atoms with Crippen LogP contribution in [0.4, 0.5) is 0 Å². The van der Waals surface area contributed by atoms with E-state index in [4.69, 9.17) is 4.74 Å². The molecule has 3 rings (SSSR count). The van der Waals surface area contributed by atoms with Crippen molar-refractivity contribution in [3.63, 3.8) is 0 Å². The van der Waals surface area contributed by atoms with Gasteiger partial charge in [-0.15, -0.1) is 11.3 Å². The van der Waals surface area contributed by atoms with Crippen molar-refractivity contribution < 1.29 is 9.53 Å². The van der Waals surface area contributed by atoms with Gasteiger partial charge in [0.25, 0.3) is 5.91 Å². The summed E-state index contributed by atoms with van der Waals surface area (Å²) in [6.07, 6.45) is 1.82. The summed E-state index contributed by atoms with van der Waals surface area (Å²) in [6.45, 7) is 3.52. The molecule has 0 bridgehead atoms. The predicted molar refractivity (Wildman–Crippen MR) is 96.9 cm³/mol. The molecule has 0 aliphatic carbocycles. The molecule has 2 aromatic heterocycles. The van der Waals surface area contributed by atoms with Crippen LogP contribution in [0, 0.1) is 0 Å². The summed E-state index contributed by atoms with van der Waals surface area (Å²) in [7, 11) is 1.65. The van der Waals surface area contributed by atoms with Crippen molar-refractivity contribution in [2.24, 2.45) is 0 Å². The quantitative estimate of drug-likeness (QED) is 0.714. The van der Waals surface area contributed by atoms with Gasteiger partial charge in [-0.25, -0.2) is 4.68 Å². The van der Waals surface area contributed by atoms with Crippen LogP contribution in [0.3, 0.4) is 0 Å². The van der Waals surface area contributed by atoms with Crippen LogP contribution >= 0.6 is 11.3 Å². The second-order valence-corrected chi connectivity index (χ2v) is 6.58. The molecule has 0 saturated heterocycles. The summed E-state index contributed by atoms with van der Waals surface area (Å²) in [5.74, 6) is 0.675. The number of ether oxygens (including phenoxy) is 1. The molecule has 0 unspecified atom stereocenters. The van der Waals surface area contributed by atoms with Crippen LogP contribution in [0.2, 0.25) is 0 Å². The number of carbonyl (C=O) groups excluding carboxylic acids is 1. The Morgan fingerprint density at radius 3 is 2.96 bits per heavy atom. The lowest BCUT2D eigenvalue weighted by molar-refractivity contribution is 0.0954. The van der Waals surface area contributed by atoms with E-state index in [-0.39, 0.29) is 5.91 Å². The van der Waals surface area contributed by atoms with Gasteiger partial charge in [0.05, 0.1) is 18.0 Å². The Hall–Kier alpha value is -2.34. The van der Waals surface area contributed by atoms with Gasteiger partial charge in [0, 0.05) is 23.5 Å². The average molecular weight is 343 g/mol. The number of aryl methyl sites for hydroxylation is 1. The largest absolute Gasteiger partial charge is 0.481 e. The molecular weight excluding hydrogens is 322 g/mol. The Bertz CT molecular complexity index is 824. The summed E-state index contributed by atoms with van der Waals surface area (Å²) >= 11 is 1.71. The van der Waals surface area contributed by atoms with Crippen LogP contribution in [0.1, 0.15) is 28.6 Å². The summed E-state index contributed by atoms with van der Waals surface area (Å²) in [5, 5.41) is 10.5. The fourth-order valence-corrected chi connectivity index (χ4v) is 3.39. The van der Waals surface area contributed by atoms with Crippen molar-refractivity contribution in [1.29, 1.82) is 0 Å². The summed E-state index contributed by atoms with van der Waals surface area (Å²) in [5.41, 5.74) is 1.41. The van der Waals surface area contributed by atoms with Crippen LogP contribution in [0.5, 0.6) is 5.88 Å². The topological polar surface area (TPSA) is 56.2 Å². The minimum atomic E-state index is -0.0718. The van der Waals surface area contributed by atoms with E-state index >= 15 is 0 Å². The van der Waals surface area contributed by atoms with E-state index in [1.807, 2.05) is 34.3 Å². The van der Waals surface area contributed by atoms with E-state index in [2.05, 4.69) is 23.4 Å². The highest BCUT2D eigenvalue weighted by atomic mass is 32.1. The van der Waals surface area contributed by atoms with Gasteiger partial charge in [0.1, 0.15) is 0 Å². The molecule has 5 nitrogen and oxygen atoms in total. The van der Waals surface area contributed by atoms with Gasteiger partial charge in [-0.3, -0.25) is 4.79 Å². The maximum atomic E-state index is 12.3. The molecule has 1 aromatic carbocycles. The van der Waals surface area contributed by atoms with E-state index in [1.165, 1.54) is 4.88 Å². The molecule has 0 aliphatic heterocycles. The molecule has 0 aliphatic rings. The fraction of sp³-hybridized carbons (Fsp3) is 0.333. The number of rotatable bonds is 7. The standard InChI is InChI=1S/C18H21N3O2S/c1-3-10-21-18(23-2)15-7-6-13(12-16(15)20-21)17(22)19-9-8-14-5-4-11-24-14/h4-7,11-12H,3,8-10H2,1-2H3,(H,19,22). The Balaban J connectivity index is 1.73. The average Bonchev–Trinajstić information content (AvgIpc) is 3.21. The van der Waals surface area contributed by atoms with Crippen molar-refractivity contribution in [2.75, 3.05) is 13.7 Å². The lowest BCUT2D eigenvalue weighted by Gasteiger charge is -2.05. The Morgan fingerprint density at radius 1 is 1.38 bits per heavy atom. The highest BCUT2D eigenvalue weighted by Gasteiger charge is 2.14. The Morgan fingerprint density at radius 2 is 2.25 bits per heavy atom. The molecule has 2 heterocycles. The van der Waals surface area contributed by atoms with Crippen molar-refractivity contribution >= 4 is 28.1 Å². The number of hydrogen-bond acceptors (Lipinski definition) is 4. The maximum Gasteiger partial charge on any atom is 0.251 e. The van der Waals surface area contributed by atoms with Gasteiger partial charge in [-0.05, 0) is 42.5 Å². The highest BCUT2D eigenvalue weighted by molar-refractivity contribution is 7.09. The molecule has 126 valence electrons. The number of benzene rings is 1. The smallest absolute Gasteiger partial charge is 0.251 e. The number of hydrogen-bond donors (Lipinski definition) is 1. The fourth-order valence-electron chi connectivity index (χ4n) is 2.69. The number of carbonyl (C=O) groups is 1. The molecule has 24 heavy (non-hydrogen) atoms. The third-order valence-electron chi connectivity index (χ3n) is 3.82. The molecule has 1 amide bonds. The van der Waals surface area contributed by atoms with Crippen LogP contribution in [0.15, 0.2) is 35.7 Å². The summed E-state index contributed by atoms with van der Waals surface area (Å²) in [6, 6.07) is 9.65. The SMILES string of the molecule is CCCn1nc2cc(C(=O)NCCc3cccs3)ccc2c1OC. The van der Waals surface area contributed by atoms with E-state index in [1.54, 1.807) is 18.4 Å². The first-order valence-electron chi connectivity index (χ1n) is 8.08. The van der Waals surface area contributed by atoms with Crippen LogP contribution in [-0.2, 0) is 13.0 Å². The number of aromatic nitrogens is 2. The number of methoxy groups -OCH3 is 1. The van der Waals surface area contributed by atoms with E-state index in [9.17, 15) is 4.79 Å². The van der Waals surface area contributed by atoms with E-state index in [0.29, 0.717) is 12.1 Å². The Labute approximate surface area is 145 Å². The Kier molecular flexibility index (Phi) is 5.15. The first-order valence-corrected chi connectivity index (χ1v) is 8.96. The van der Waals surface area contributed by atoms with Gasteiger partial charge in [-0.2, -0.15) is 5.10 Å². The predicted octanol–water partition coefficient (Wildman–Crippen LogP) is 3.49. The highest BCUT2D eigenvalue weighted by Crippen LogP contribution is 2.26. The van der Waals surface area contributed by atoms with Crippen molar-refractivity contribution in [2.45, 2.75) is 26.3 Å². The molecular formula is C18H21N3O2S. The van der Waals surface area contributed by atoms with Gasteiger partial charge >= 0.3 is 0 Å². The monoisotopic (exact) mass is 343 g/mol. The van der Waals surface area contributed by atoms with Crippen LogP contribution in [0.25, 0.3) is 10.9 Å². The molecule has 0 spiro atoms. The normalized spacial score (nSPS) is 10.9. The number of nitrogens with zero attached hydrogens (tertiary/aromatic N) is 2. The van der Waals surface area contributed by atoms with Gasteiger partial charge in [0.2, 0.25) is 5.88 Å². The van der Waals surface area contributed by atoms with Crippen LogP contribution < -0.4 is 10.1 Å². The molecule has 0 saturated carbocycles. The molecule has 0 fully saturated rings. The molecule has 1 N–H and O–H groups in total. The van der Waals surface area contributed by atoms with Gasteiger partial charge in [-0.1, -0.05) is 13.0 Å². The van der Waals surface area contributed by atoms with Gasteiger partial charge in [0.15, 0.2) is 0 Å². The summed E-state index contributed by atoms with van der Waals surface area (Å²) < 4.78 is 7.31.